The molecule has 2 rings (SSSR count). The third-order valence-corrected chi connectivity index (χ3v) is 5.17. The molecule has 0 saturated heterocycles. The van der Waals surface area contributed by atoms with E-state index in [2.05, 4.69) is 5.32 Å². The van der Waals surface area contributed by atoms with Gasteiger partial charge in [0.05, 0.1) is 5.75 Å². The lowest BCUT2D eigenvalue weighted by molar-refractivity contribution is 0.252. The topological polar surface area (TPSA) is 46.2 Å². The van der Waals surface area contributed by atoms with Crippen molar-refractivity contribution in [3.63, 3.8) is 0 Å². The molecular formula is C14H19F2NO2S2. The Morgan fingerprint density at radius 1 is 1.43 bits per heavy atom. The second-order valence-electron chi connectivity index (χ2n) is 5.27. The van der Waals surface area contributed by atoms with Crippen LogP contribution in [-0.2, 0) is 16.3 Å². The molecule has 7 heteroatoms. The van der Waals surface area contributed by atoms with Gasteiger partial charge < -0.3 is 5.32 Å². The van der Waals surface area contributed by atoms with Crippen LogP contribution >= 0.6 is 11.8 Å². The number of sulfone groups is 1. The average Bonchev–Trinajstić information content (AvgIpc) is 2.36. The van der Waals surface area contributed by atoms with Crippen LogP contribution in [0.25, 0.3) is 0 Å². The van der Waals surface area contributed by atoms with Crippen molar-refractivity contribution in [2.45, 2.75) is 36.0 Å². The molecule has 0 bridgehead atoms. The zero-order valence-electron chi connectivity index (χ0n) is 11.8. The molecule has 1 N–H and O–H groups in total. The van der Waals surface area contributed by atoms with Crippen LogP contribution in [0.4, 0.5) is 8.78 Å². The van der Waals surface area contributed by atoms with Gasteiger partial charge in [-0.2, -0.15) is 8.78 Å². The number of rotatable bonds is 6. The summed E-state index contributed by atoms with van der Waals surface area (Å²) in [4.78, 5) is 0.584. The van der Waals surface area contributed by atoms with E-state index in [1.165, 1.54) is 6.26 Å². The second kappa shape index (κ2) is 7.07. The quantitative estimate of drug-likeness (QED) is 0.812. The molecule has 0 aromatic heterocycles. The summed E-state index contributed by atoms with van der Waals surface area (Å²) in [5, 5.41) is 3.26. The fourth-order valence-electron chi connectivity index (χ4n) is 2.60. The van der Waals surface area contributed by atoms with Gasteiger partial charge in [0, 0.05) is 23.7 Å². The van der Waals surface area contributed by atoms with Gasteiger partial charge in [-0.3, -0.25) is 0 Å². The van der Waals surface area contributed by atoms with Crippen molar-refractivity contribution in [2.24, 2.45) is 0 Å². The van der Waals surface area contributed by atoms with Crippen LogP contribution in [0, 0.1) is 0 Å². The van der Waals surface area contributed by atoms with Crippen molar-refractivity contribution in [1.82, 2.24) is 5.32 Å². The number of hydrogen-bond donors (Lipinski definition) is 1. The first kappa shape index (κ1) is 16.7. The summed E-state index contributed by atoms with van der Waals surface area (Å²) in [6.45, 7) is 0.413. The third-order valence-electron chi connectivity index (χ3n) is 3.52. The van der Waals surface area contributed by atoms with E-state index in [0.717, 1.165) is 30.4 Å². The summed E-state index contributed by atoms with van der Waals surface area (Å²) in [5.74, 6) is -2.30. The molecule has 0 radical (unpaired) electrons. The highest BCUT2D eigenvalue weighted by Gasteiger charge is 2.20. The van der Waals surface area contributed by atoms with E-state index in [9.17, 15) is 17.2 Å². The molecule has 0 fully saturated rings. The lowest BCUT2D eigenvalue weighted by Gasteiger charge is -2.27. The molecule has 0 amide bonds. The van der Waals surface area contributed by atoms with E-state index in [-0.39, 0.29) is 11.8 Å². The SMILES string of the molecule is CS(=O)(=O)CCNC1CCCc2cc(SC(F)F)ccc21. The van der Waals surface area contributed by atoms with E-state index in [4.69, 9.17) is 0 Å². The number of hydrogen-bond acceptors (Lipinski definition) is 4. The maximum Gasteiger partial charge on any atom is 0.288 e. The number of alkyl halides is 2. The molecule has 0 heterocycles. The minimum absolute atomic E-state index is 0.109. The van der Waals surface area contributed by atoms with E-state index in [1.54, 1.807) is 6.07 Å². The van der Waals surface area contributed by atoms with Gasteiger partial charge in [0.15, 0.2) is 0 Å². The molecule has 1 aliphatic rings. The van der Waals surface area contributed by atoms with Crippen LogP contribution in [0.5, 0.6) is 0 Å². The standard InChI is InChI=1S/C14H19F2NO2S2/c1-21(18,19)8-7-17-13-4-2-3-10-9-11(20-14(15)16)5-6-12(10)13/h5-6,9,13-14,17H,2-4,7-8H2,1H3. The molecule has 0 spiro atoms. The molecular weight excluding hydrogens is 316 g/mol. The molecule has 21 heavy (non-hydrogen) atoms. The number of fused-ring (bicyclic) bond motifs is 1. The summed E-state index contributed by atoms with van der Waals surface area (Å²) in [6.07, 6.45) is 4.03. The zero-order chi connectivity index (χ0) is 15.5. The number of halogens is 2. The first-order valence-corrected chi connectivity index (χ1v) is 9.78. The van der Waals surface area contributed by atoms with Crippen LogP contribution in [0.15, 0.2) is 23.1 Å². The normalized spacial score (nSPS) is 18.8. The van der Waals surface area contributed by atoms with Crippen molar-refractivity contribution in [1.29, 1.82) is 0 Å². The summed E-state index contributed by atoms with van der Waals surface area (Å²) in [5.41, 5.74) is 2.19. The van der Waals surface area contributed by atoms with Crippen molar-refractivity contribution in [3.05, 3.63) is 29.3 Å². The Balaban J connectivity index is 2.05. The highest BCUT2D eigenvalue weighted by atomic mass is 32.2. The van der Waals surface area contributed by atoms with Gasteiger partial charge in [0.1, 0.15) is 9.84 Å². The minimum Gasteiger partial charge on any atom is -0.309 e. The summed E-state index contributed by atoms with van der Waals surface area (Å²) in [6, 6.07) is 5.54. The molecule has 1 atom stereocenters. The lowest BCUT2D eigenvalue weighted by atomic mass is 9.88. The highest BCUT2D eigenvalue weighted by Crippen LogP contribution is 2.34. The molecule has 0 saturated carbocycles. The molecule has 0 aliphatic heterocycles. The lowest BCUT2D eigenvalue weighted by Crippen LogP contribution is -2.29. The smallest absolute Gasteiger partial charge is 0.288 e. The van der Waals surface area contributed by atoms with Crippen LogP contribution in [-0.4, -0.2) is 32.7 Å². The van der Waals surface area contributed by atoms with Crippen LogP contribution < -0.4 is 5.32 Å². The largest absolute Gasteiger partial charge is 0.309 e. The van der Waals surface area contributed by atoms with E-state index in [1.807, 2.05) is 12.1 Å². The average molecular weight is 335 g/mol. The van der Waals surface area contributed by atoms with Crippen molar-refractivity contribution in [3.8, 4) is 0 Å². The Morgan fingerprint density at radius 3 is 2.86 bits per heavy atom. The Bertz CT molecular complexity index is 591. The van der Waals surface area contributed by atoms with Crippen molar-refractivity contribution >= 4 is 21.6 Å². The van der Waals surface area contributed by atoms with Crippen LogP contribution in [0.3, 0.4) is 0 Å². The fraction of sp³-hybridized carbons (Fsp3) is 0.571. The van der Waals surface area contributed by atoms with Crippen LogP contribution in [0.1, 0.15) is 30.0 Å². The summed E-state index contributed by atoms with van der Waals surface area (Å²) < 4.78 is 47.1. The number of aryl methyl sites for hydroxylation is 1. The van der Waals surface area contributed by atoms with E-state index < -0.39 is 15.6 Å². The Morgan fingerprint density at radius 2 is 2.19 bits per heavy atom. The Hall–Kier alpha value is -0.660. The highest BCUT2D eigenvalue weighted by molar-refractivity contribution is 7.99. The van der Waals surface area contributed by atoms with Gasteiger partial charge >= 0.3 is 0 Å². The predicted molar refractivity (Wildman–Crippen MR) is 81.7 cm³/mol. The predicted octanol–water partition coefficient (Wildman–Crippen LogP) is 3.01. The molecule has 118 valence electrons. The fourth-order valence-corrected chi connectivity index (χ4v) is 3.65. The maximum absolute atomic E-state index is 12.4. The first-order valence-electron chi connectivity index (χ1n) is 6.84. The molecule has 1 aromatic carbocycles. The monoisotopic (exact) mass is 335 g/mol. The zero-order valence-corrected chi connectivity index (χ0v) is 13.4. The van der Waals surface area contributed by atoms with E-state index >= 15 is 0 Å². The van der Waals surface area contributed by atoms with Gasteiger partial charge in [0.25, 0.3) is 5.76 Å². The molecule has 1 aromatic rings. The summed E-state index contributed by atoms with van der Waals surface area (Å²) >= 11 is 0.561. The van der Waals surface area contributed by atoms with Crippen molar-refractivity contribution in [2.75, 3.05) is 18.6 Å². The number of nitrogens with one attached hydrogen (secondary N) is 1. The van der Waals surface area contributed by atoms with Gasteiger partial charge in [-0.05, 0) is 42.5 Å². The Kier molecular flexibility index (Phi) is 5.62. The maximum atomic E-state index is 12.4. The minimum atomic E-state index is -2.97. The van der Waals surface area contributed by atoms with Crippen molar-refractivity contribution < 1.29 is 17.2 Å². The molecule has 1 aliphatic carbocycles. The van der Waals surface area contributed by atoms with E-state index in [0.29, 0.717) is 23.2 Å². The third kappa shape index (κ3) is 5.23. The second-order valence-corrected chi connectivity index (χ2v) is 8.59. The number of thioether (sulfide) groups is 1. The van der Waals surface area contributed by atoms with Gasteiger partial charge in [-0.15, -0.1) is 0 Å². The summed E-state index contributed by atoms with van der Waals surface area (Å²) in [7, 11) is -2.97. The number of benzene rings is 1. The van der Waals surface area contributed by atoms with Gasteiger partial charge in [0.2, 0.25) is 0 Å². The van der Waals surface area contributed by atoms with Gasteiger partial charge in [-0.1, -0.05) is 17.8 Å². The molecule has 1 unspecified atom stereocenters. The van der Waals surface area contributed by atoms with Crippen LogP contribution in [0.2, 0.25) is 0 Å². The van der Waals surface area contributed by atoms with Gasteiger partial charge in [-0.25, -0.2) is 8.42 Å². The Labute approximate surface area is 128 Å². The first-order chi connectivity index (χ1) is 9.85. The molecule has 3 nitrogen and oxygen atoms in total.